The zero-order valence-corrected chi connectivity index (χ0v) is 10.8. The van der Waals surface area contributed by atoms with E-state index in [9.17, 15) is 13.2 Å². The van der Waals surface area contributed by atoms with Gasteiger partial charge in [-0.3, -0.25) is 0 Å². The molecule has 104 valence electrons. The van der Waals surface area contributed by atoms with Crippen molar-refractivity contribution in [2.75, 3.05) is 4.90 Å². The SMILES string of the molecule is FC(F)(F)c1ccc(N2C3CCC2CC(Cl)C3)nn1. The van der Waals surface area contributed by atoms with Crippen molar-refractivity contribution >= 4 is 17.4 Å². The summed E-state index contributed by atoms with van der Waals surface area (Å²) in [5.74, 6) is 0.532. The van der Waals surface area contributed by atoms with E-state index in [1.807, 2.05) is 0 Å². The second-order valence-electron chi connectivity index (χ2n) is 5.14. The number of nitrogens with zero attached hydrogens (tertiary/aromatic N) is 3. The number of alkyl halides is 4. The lowest BCUT2D eigenvalue weighted by atomic mass is 10.0. The Bertz CT molecular complexity index is 448. The van der Waals surface area contributed by atoms with Gasteiger partial charge in [0.25, 0.3) is 0 Å². The summed E-state index contributed by atoms with van der Waals surface area (Å²) in [6, 6.07) is 2.98. The Morgan fingerprint density at radius 2 is 1.74 bits per heavy atom. The number of piperidine rings is 1. The number of aromatic nitrogens is 2. The molecule has 0 N–H and O–H groups in total. The summed E-state index contributed by atoms with van der Waals surface area (Å²) >= 11 is 6.17. The first-order chi connectivity index (χ1) is 8.95. The minimum Gasteiger partial charge on any atom is -0.349 e. The molecule has 0 radical (unpaired) electrons. The van der Waals surface area contributed by atoms with E-state index < -0.39 is 11.9 Å². The number of halogens is 4. The fourth-order valence-electron chi connectivity index (χ4n) is 3.10. The van der Waals surface area contributed by atoms with Gasteiger partial charge in [-0.05, 0) is 37.8 Å². The van der Waals surface area contributed by atoms with Crippen LogP contribution < -0.4 is 4.90 Å². The van der Waals surface area contributed by atoms with Crippen LogP contribution in [0.5, 0.6) is 0 Å². The standard InChI is InChI=1S/C12H13ClF3N3/c13-7-5-8-1-2-9(6-7)19(8)11-4-3-10(17-18-11)12(14,15)16/h3-4,7-9H,1-2,5-6H2. The Morgan fingerprint density at radius 3 is 2.21 bits per heavy atom. The lowest BCUT2D eigenvalue weighted by Crippen LogP contribution is -2.44. The van der Waals surface area contributed by atoms with Crippen molar-refractivity contribution in [1.29, 1.82) is 0 Å². The van der Waals surface area contributed by atoms with Crippen LogP contribution in [0.4, 0.5) is 19.0 Å². The molecule has 1 aromatic heterocycles. The first kappa shape index (κ1) is 13.0. The molecule has 1 aromatic rings. The first-order valence-electron chi connectivity index (χ1n) is 6.28. The number of hydrogen-bond acceptors (Lipinski definition) is 3. The molecule has 19 heavy (non-hydrogen) atoms. The maximum Gasteiger partial charge on any atom is 0.435 e. The fourth-order valence-corrected chi connectivity index (χ4v) is 3.51. The summed E-state index contributed by atoms with van der Waals surface area (Å²) in [6.07, 6.45) is -0.664. The molecule has 2 fully saturated rings. The van der Waals surface area contributed by atoms with Crippen molar-refractivity contribution < 1.29 is 13.2 Å². The Labute approximate surface area is 113 Å². The maximum atomic E-state index is 12.4. The van der Waals surface area contributed by atoms with Crippen molar-refractivity contribution in [2.45, 2.75) is 49.3 Å². The lowest BCUT2D eigenvalue weighted by Gasteiger charge is -2.37. The van der Waals surface area contributed by atoms with Gasteiger partial charge in [-0.1, -0.05) is 0 Å². The zero-order chi connectivity index (χ0) is 13.6. The zero-order valence-electron chi connectivity index (χ0n) is 10.1. The van der Waals surface area contributed by atoms with E-state index in [4.69, 9.17) is 11.6 Å². The molecule has 2 unspecified atom stereocenters. The molecule has 0 aliphatic carbocycles. The Kier molecular flexibility index (Phi) is 3.08. The Hall–Kier alpha value is -1.04. The van der Waals surface area contributed by atoms with Gasteiger partial charge in [0.15, 0.2) is 11.5 Å². The van der Waals surface area contributed by atoms with Crippen LogP contribution in [-0.4, -0.2) is 27.7 Å². The summed E-state index contributed by atoms with van der Waals surface area (Å²) in [5, 5.41) is 7.20. The van der Waals surface area contributed by atoms with Crippen LogP contribution in [-0.2, 0) is 6.18 Å². The highest BCUT2D eigenvalue weighted by Crippen LogP contribution is 2.40. The summed E-state index contributed by atoms with van der Waals surface area (Å²) < 4.78 is 37.3. The van der Waals surface area contributed by atoms with Crippen LogP contribution in [0, 0.1) is 0 Å². The molecule has 3 rings (SSSR count). The number of hydrogen-bond donors (Lipinski definition) is 0. The highest BCUT2D eigenvalue weighted by Gasteiger charge is 2.41. The molecular weight excluding hydrogens is 279 g/mol. The molecule has 2 atom stereocenters. The Morgan fingerprint density at radius 1 is 1.11 bits per heavy atom. The topological polar surface area (TPSA) is 29.0 Å². The van der Waals surface area contributed by atoms with Gasteiger partial charge in [-0.15, -0.1) is 21.8 Å². The van der Waals surface area contributed by atoms with E-state index in [2.05, 4.69) is 15.1 Å². The average molecular weight is 292 g/mol. The van der Waals surface area contributed by atoms with Gasteiger partial charge in [0.05, 0.1) is 0 Å². The quantitative estimate of drug-likeness (QED) is 0.744. The molecule has 2 aliphatic heterocycles. The normalized spacial score (nSPS) is 30.7. The molecule has 7 heteroatoms. The molecular formula is C12H13ClF3N3. The summed E-state index contributed by atoms with van der Waals surface area (Å²) in [6.45, 7) is 0. The third kappa shape index (κ3) is 2.38. The van der Waals surface area contributed by atoms with Gasteiger partial charge < -0.3 is 4.90 Å². The van der Waals surface area contributed by atoms with Gasteiger partial charge in [0.2, 0.25) is 0 Å². The van der Waals surface area contributed by atoms with Crippen molar-refractivity contribution in [3.8, 4) is 0 Å². The maximum absolute atomic E-state index is 12.4. The largest absolute Gasteiger partial charge is 0.435 e. The molecule has 2 bridgehead atoms. The second kappa shape index (κ2) is 4.51. The third-order valence-corrected chi connectivity index (χ3v) is 4.24. The van der Waals surface area contributed by atoms with Gasteiger partial charge in [0, 0.05) is 17.5 Å². The van der Waals surface area contributed by atoms with Crippen LogP contribution in [0.3, 0.4) is 0 Å². The van der Waals surface area contributed by atoms with Gasteiger partial charge in [0.1, 0.15) is 0 Å². The monoisotopic (exact) mass is 291 g/mol. The molecule has 2 aliphatic rings. The van der Waals surface area contributed by atoms with Crippen LogP contribution in [0.15, 0.2) is 12.1 Å². The van der Waals surface area contributed by atoms with Crippen molar-refractivity contribution in [3.05, 3.63) is 17.8 Å². The van der Waals surface area contributed by atoms with Crippen LogP contribution >= 0.6 is 11.6 Å². The van der Waals surface area contributed by atoms with E-state index >= 15 is 0 Å². The molecule has 0 saturated carbocycles. The van der Waals surface area contributed by atoms with E-state index in [-0.39, 0.29) is 17.5 Å². The van der Waals surface area contributed by atoms with Crippen LogP contribution in [0.2, 0.25) is 0 Å². The van der Waals surface area contributed by atoms with Gasteiger partial charge >= 0.3 is 6.18 Å². The van der Waals surface area contributed by atoms with E-state index in [1.165, 1.54) is 6.07 Å². The molecule has 0 aromatic carbocycles. The van der Waals surface area contributed by atoms with Crippen molar-refractivity contribution in [2.24, 2.45) is 0 Å². The third-order valence-electron chi connectivity index (χ3n) is 3.88. The fraction of sp³-hybridized carbons (Fsp3) is 0.667. The number of anilines is 1. The highest BCUT2D eigenvalue weighted by molar-refractivity contribution is 6.20. The summed E-state index contributed by atoms with van der Waals surface area (Å²) in [5.41, 5.74) is -0.948. The van der Waals surface area contributed by atoms with E-state index in [1.54, 1.807) is 0 Å². The number of rotatable bonds is 1. The van der Waals surface area contributed by atoms with Crippen LogP contribution in [0.25, 0.3) is 0 Å². The second-order valence-corrected chi connectivity index (χ2v) is 5.75. The predicted molar refractivity (Wildman–Crippen MR) is 65.2 cm³/mol. The molecule has 0 amide bonds. The average Bonchev–Trinajstić information content (AvgIpc) is 2.61. The predicted octanol–water partition coefficient (Wildman–Crippen LogP) is 3.23. The van der Waals surface area contributed by atoms with E-state index in [0.717, 1.165) is 31.7 Å². The lowest BCUT2D eigenvalue weighted by molar-refractivity contribution is -0.141. The van der Waals surface area contributed by atoms with Gasteiger partial charge in [-0.2, -0.15) is 13.2 Å². The molecule has 2 saturated heterocycles. The summed E-state index contributed by atoms with van der Waals surface area (Å²) in [7, 11) is 0. The van der Waals surface area contributed by atoms with E-state index in [0.29, 0.717) is 5.82 Å². The molecule has 3 heterocycles. The van der Waals surface area contributed by atoms with Gasteiger partial charge in [-0.25, -0.2) is 0 Å². The van der Waals surface area contributed by atoms with Crippen LogP contribution in [0.1, 0.15) is 31.4 Å². The van der Waals surface area contributed by atoms with Crippen molar-refractivity contribution in [1.82, 2.24) is 10.2 Å². The summed E-state index contributed by atoms with van der Waals surface area (Å²) in [4.78, 5) is 2.09. The molecule has 3 nitrogen and oxygen atoms in total. The van der Waals surface area contributed by atoms with Crippen molar-refractivity contribution in [3.63, 3.8) is 0 Å². The highest BCUT2D eigenvalue weighted by atomic mass is 35.5. The minimum atomic E-state index is -4.44. The Balaban J connectivity index is 1.84. The molecule has 0 spiro atoms. The number of fused-ring (bicyclic) bond motifs is 2. The smallest absolute Gasteiger partial charge is 0.349 e. The first-order valence-corrected chi connectivity index (χ1v) is 6.72. The minimum absolute atomic E-state index is 0.163.